The molecule has 3 aliphatic carbocycles. The fourth-order valence-electron chi connectivity index (χ4n) is 8.39. The Kier molecular flexibility index (Phi) is 8.67. The summed E-state index contributed by atoms with van der Waals surface area (Å²) in [6.45, 7) is 18.0. The summed E-state index contributed by atoms with van der Waals surface area (Å²) in [6, 6.07) is 0. The SMILES string of the molecule is CC1=C2C3O[SiH](C(C)C)O[SiH](C(C)C)OC4CC5OCC5(O)C(C(C)C(O)(CC1O)C2(C)C)[C@]4(C)C3=O.[Ac]. The zero-order chi connectivity index (χ0) is 27.5. The van der Waals surface area contributed by atoms with Crippen LogP contribution >= 0.6 is 0 Å². The van der Waals surface area contributed by atoms with Gasteiger partial charge in [0.2, 0.25) is 0 Å². The van der Waals surface area contributed by atoms with Gasteiger partial charge in [-0.15, -0.1) is 0 Å². The molecule has 2 saturated heterocycles. The summed E-state index contributed by atoms with van der Waals surface area (Å²) in [6.07, 6.45) is -2.39. The van der Waals surface area contributed by atoms with Gasteiger partial charge in [-0.2, -0.15) is 0 Å². The summed E-state index contributed by atoms with van der Waals surface area (Å²) >= 11 is 0. The van der Waals surface area contributed by atoms with Crippen LogP contribution in [0.1, 0.15) is 75.2 Å². The normalized spacial score (nSPS) is 50.1. The van der Waals surface area contributed by atoms with E-state index in [0.717, 1.165) is 0 Å². The monoisotopic (exact) mass is 781 g/mol. The molecule has 213 valence electrons. The molecule has 38 heavy (non-hydrogen) atoms. The van der Waals surface area contributed by atoms with Gasteiger partial charge >= 0.3 is 18.6 Å². The van der Waals surface area contributed by atoms with E-state index in [0.29, 0.717) is 17.6 Å². The average molecular weight is 782 g/mol. The van der Waals surface area contributed by atoms with Crippen LogP contribution in [0, 0.1) is 66.7 Å². The van der Waals surface area contributed by atoms with Gasteiger partial charge in [0, 0.05) is 68.2 Å². The predicted octanol–water partition coefficient (Wildman–Crippen LogP) is 2.26. The van der Waals surface area contributed by atoms with E-state index in [-0.39, 0.29) is 74.0 Å². The van der Waals surface area contributed by atoms with E-state index in [4.69, 9.17) is 17.7 Å². The third-order valence-electron chi connectivity index (χ3n) is 10.7. The van der Waals surface area contributed by atoms with Gasteiger partial charge in [0.05, 0.1) is 35.9 Å². The van der Waals surface area contributed by atoms with Crippen molar-refractivity contribution < 1.29 is 81.9 Å². The number of ether oxygens (including phenoxy) is 1. The number of aliphatic hydroxyl groups is 3. The summed E-state index contributed by atoms with van der Waals surface area (Å²) in [7, 11) is -4.72. The summed E-state index contributed by atoms with van der Waals surface area (Å²) in [5.41, 5.74) is -3.12. The molecule has 11 heteroatoms. The number of ketones is 1. The Morgan fingerprint density at radius 3 is 2.11 bits per heavy atom. The maximum atomic E-state index is 15.0. The fraction of sp³-hybridized carbons (Fsp3) is 0.889. The smallest absolute Gasteiger partial charge is 0.315 e. The van der Waals surface area contributed by atoms with E-state index in [1.165, 1.54) is 0 Å². The van der Waals surface area contributed by atoms with Crippen molar-refractivity contribution in [2.75, 3.05) is 6.61 Å². The van der Waals surface area contributed by atoms with E-state index in [1.54, 1.807) is 0 Å². The van der Waals surface area contributed by atoms with Gasteiger partial charge in [-0.3, -0.25) is 4.79 Å². The number of carbonyl (C=O) groups excluding carboxylic acids is 1. The summed E-state index contributed by atoms with van der Waals surface area (Å²) in [4.78, 5) is 15.0. The van der Waals surface area contributed by atoms with Gasteiger partial charge in [-0.05, 0) is 42.0 Å². The van der Waals surface area contributed by atoms with Gasteiger partial charge in [-0.25, -0.2) is 0 Å². The van der Waals surface area contributed by atoms with Crippen LogP contribution in [0.2, 0.25) is 11.1 Å². The molecule has 0 aromatic rings. The van der Waals surface area contributed by atoms with Gasteiger partial charge in [0.15, 0.2) is 5.78 Å². The minimum absolute atomic E-state index is 0. The number of aliphatic hydroxyl groups excluding tert-OH is 1. The molecule has 2 saturated carbocycles. The number of hydrogen-bond acceptors (Lipinski definition) is 8. The van der Waals surface area contributed by atoms with E-state index >= 15 is 4.79 Å². The standard InChI is InChI=1S/C27H46O8Si2.Ac/c1-13(2)36-33-18-10-19-26(30,12-32-19)22-16(6)27(31)11-17(28)15(5)20(24(27,7)8)21(23(29)25(18,22)9)34-37(35-36)14(3)4;/h13-14,16-19,21-22,28,30-31,36-37H,10-12H2,1-9H3;/t16?,17?,18?,19?,21?,22?,25-,26?,27?,36?,37?;/m1./s1. The van der Waals surface area contributed by atoms with Crippen LogP contribution in [0.25, 0.3) is 0 Å². The van der Waals surface area contributed by atoms with Gasteiger partial charge in [0.1, 0.15) is 11.7 Å². The van der Waals surface area contributed by atoms with Crippen molar-refractivity contribution in [2.45, 2.75) is 122 Å². The molecule has 0 aromatic heterocycles. The molecule has 2 heterocycles. The second kappa shape index (κ2) is 10.3. The maximum Gasteiger partial charge on any atom is 0.315 e. The first-order chi connectivity index (χ1) is 17.0. The molecule has 4 fully saturated rings. The second-order valence-electron chi connectivity index (χ2n) is 13.8. The molecule has 4 bridgehead atoms. The van der Waals surface area contributed by atoms with Crippen molar-refractivity contribution in [1.29, 1.82) is 0 Å². The van der Waals surface area contributed by atoms with Crippen molar-refractivity contribution in [1.82, 2.24) is 0 Å². The van der Waals surface area contributed by atoms with Crippen molar-refractivity contribution in [3.8, 4) is 0 Å². The van der Waals surface area contributed by atoms with Crippen LogP contribution in [0.3, 0.4) is 0 Å². The summed E-state index contributed by atoms with van der Waals surface area (Å²) < 4.78 is 26.3. The molecule has 0 aromatic carbocycles. The van der Waals surface area contributed by atoms with E-state index in [2.05, 4.69) is 27.7 Å². The first-order valence-corrected chi connectivity index (χ1v) is 17.2. The third kappa shape index (κ3) is 4.19. The molecule has 5 rings (SSSR count). The van der Waals surface area contributed by atoms with E-state index in [1.807, 2.05) is 34.6 Å². The minimum Gasteiger partial charge on any atom is -0.419 e. The van der Waals surface area contributed by atoms with Crippen molar-refractivity contribution in [3.05, 3.63) is 11.1 Å². The van der Waals surface area contributed by atoms with Gasteiger partial charge in [-0.1, -0.05) is 48.5 Å². The van der Waals surface area contributed by atoms with Crippen LogP contribution in [0.15, 0.2) is 11.1 Å². The number of rotatable bonds is 2. The van der Waals surface area contributed by atoms with Crippen LogP contribution < -0.4 is 0 Å². The summed E-state index contributed by atoms with van der Waals surface area (Å²) in [5.74, 6) is -1.31. The second-order valence-corrected chi connectivity index (χ2v) is 19.6. The quantitative estimate of drug-likeness (QED) is 0.289. The van der Waals surface area contributed by atoms with E-state index < -0.39 is 76.9 Å². The number of Topliss-reactive ketones (excluding diaryl/α,β-unsaturated/α-hetero) is 1. The topological polar surface area (TPSA) is 115 Å². The first-order valence-electron chi connectivity index (χ1n) is 14.0. The molecular weight excluding hydrogens is 735 g/mol. The van der Waals surface area contributed by atoms with Crippen LogP contribution in [-0.2, 0) is 22.5 Å². The first kappa shape index (κ1) is 31.9. The van der Waals surface area contributed by atoms with Crippen LogP contribution in [-0.4, -0.2) is 81.9 Å². The molecule has 0 spiro atoms. The average Bonchev–Trinajstić information content (AvgIpc) is 2.83. The number of fused-ring (bicyclic) bond motifs is 6. The molecule has 0 amide bonds. The number of carbonyl (C=O) groups is 1. The van der Waals surface area contributed by atoms with Crippen LogP contribution in [0.4, 0.5) is 0 Å². The molecule has 1 radical (unpaired) electrons. The Labute approximate surface area is 266 Å². The third-order valence-corrected chi connectivity index (χ3v) is 16.2. The maximum absolute atomic E-state index is 15.0. The Bertz CT molecular complexity index is 1010. The van der Waals surface area contributed by atoms with Crippen molar-refractivity contribution in [3.63, 3.8) is 0 Å². The molecular formula is C27H46AcO8Si2. The zero-order valence-corrected chi connectivity index (χ0v) is 31.4. The fourth-order valence-corrected chi connectivity index (χ4v) is 14.4. The van der Waals surface area contributed by atoms with E-state index in [9.17, 15) is 15.3 Å². The largest absolute Gasteiger partial charge is 0.419 e. The Balaban J connectivity index is 0.00000336. The molecule has 8 nitrogen and oxygen atoms in total. The minimum atomic E-state index is -2.43. The molecule has 3 N–H and O–H groups in total. The number of hydrogen-bond donors (Lipinski definition) is 3. The summed E-state index contributed by atoms with van der Waals surface area (Å²) in [5, 5.41) is 35.9. The van der Waals surface area contributed by atoms with Crippen molar-refractivity contribution in [2.24, 2.45) is 22.7 Å². The Hall–Kier alpha value is 1.01. The predicted molar refractivity (Wildman–Crippen MR) is 142 cm³/mol. The molecule has 11 atom stereocenters. The van der Waals surface area contributed by atoms with Gasteiger partial charge < -0.3 is 33.0 Å². The van der Waals surface area contributed by atoms with Crippen molar-refractivity contribution >= 4 is 24.4 Å². The Morgan fingerprint density at radius 2 is 1.58 bits per heavy atom. The zero-order valence-electron chi connectivity index (χ0n) is 24.4. The molecule has 5 aliphatic rings. The van der Waals surface area contributed by atoms with Crippen LogP contribution in [0.5, 0.6) is 0 Å². The van der Waals surface area contributed by atoms with Gasteiger partial charge in [0.25, 0.3) is 0 Å². The molecule has 2 aliphatic heterocycles. The molecule has 10 unspecified atom stereocenters. The Morgan fingerprint density at radius 1 is 1.00 bits per heavy atom.